The molecule has 0 aliphatic heterocycles. The van der Waals surface area contributed by atoms with Gasteiger partial charge in [0.05, 0.1) is 15.5 Å². The Hall–Kier alpha value is -1.06. The highest BCUT2D eigenvalue weighted by molar-refractivity contribution is 7.13. The Morgan fingerprint density at radius 2 is 2.06 bits per heavy atom. The van der Waals surface area contributed by atoms with E-state index in [1.165, 1.54) is 11.3 Å². The molecule has 2 aromatic heterocycles. The average molecular weight is 255 g/mol. The predicted octanol–water partition coefficient (Wildman–Crippen LogP) is 4.15. The van der Waals surface area contributed by atoms with Crippen molar-refractivity contribution in [2.24, 2.45) is 0 Å². The Labute approximate surface area is 103 Å². The monoisotopic (exact) mass is 254 g/mol. The second-order valence-corrected chi connectivity index (χ2v) is 4.98. The van der Waals surface area contributed by atoms with Crippen LogP contribution in [0, 0.1) is 20.8 Å². The fourth-order valence-electron chi connectivity index (χ4n) is 1.56. The van der Waals surface area contributed by atoms with E-state index in [4.69, 9.17) is 16.0 Å². The predicted molar refractivity (Wildman–Crippen MR) is 65.7 cm³/mol. The normalized spacial score (nSPS) is 10.8. The zero-order valence-electron chi connectivity index (χ0n) is 9.26. The molecule has 0 aromatic carbocycles. The van der Waals surface area contributed by atoms with Gasteiger partial charge in [-0.05, 0) is 37.8 Å². The molecule has 0 saturated heterocycles. The molecule has 16 heavy (non-hydrogen) atoms. The van der Waals surface area contributed by atoms with Crippen LogP contribution in [-0.2, 0) is 0 Å². The summed E-state index contributed by atoms with van der Waals surface area (Å²) in [5, 5.41) is 2.44. The molecule has 0 fully saturated rings. The van der Waals surface area contributed by atoms with Crippen molar-refractivity contribution >= 4 is 28.7 Å². The van der Waals surface area contributed by atoms with E-state index in [0.29, 0.717) is 21.2 Å². The van der Waals surface area contributed by atoms with Crippen molar-refractivity contribution in [2.75, 3.05) is 0 Å². The zero-order valence-corrected chi connectivity index (χ0v) is 10.8. The van der Waals surface area contributed by atoms with Gasteiger partial charge < -0.3 is 4.42 Å². The molecule has 4 heteroatoms. The third-order valence-corrected chi connectivity index (χ3v) is 4.09. The first-order valence-electron chi connectivity index (χ1n) is 4.86. The van der Waals surface area contributed by atoms with Crippen LogP contribution in [0.1, 0.15) is 32.3 Å². The van der Waals surface area contributed by atoms with Gasteiger partial charge in [-0.1, -0.05) is 11.6 Å². The summed E-state index contributed by atoms with van der Waals surface area (Å²) < 4.78 is 5.34. The van der Waals surface area contributed by atoms with Crippen molar-refractivity contribution in [3.05, 3.63) is 44.0 Å². The van der Waals surface area contributed by atoms with Gasteiger partial charge >= 0.3 is 0 Å². The highest BCUT2D eigenvalue weighted by atomic mass is 35.5. The average Bonchev–Trinajstić information content (AvgIpc) is 2.71. The summed E-state index contributed by atoms with van der Waals surface area (Å²) in [6, 6.07) is 1.75. The van der Waals surface area contributed by atoms with Crippen molar-refractivity contribution in [1.29, 1.82) is 0 Å². The van der Waals surface area contributed by atoms with Crippen molar-refractivity contribution < 1.29 is 9.21 Å². The molecule has 0 bridgehead atoms. The van der Waals surface area contributed by atoms with Crippen LogP contribution in [-0.4, -0.2) is 5.78 Å². The van der Waals surface area contributed by atoms with Gasteiger partial charge in [0, 0.05) is 0 Å². The standard InChI is InChI=1S/C12H11ClO2S/c1-6-5-16-12(10(6)13)11(14)9-4-7(2)15-8(9)3/h4-5H,1-3H3. The number of carbonyl (C=O) groups excluding carboxylic acids is 1. The van der Waals surface area contributed by atoms with E-state index in [2.05, 4.69) is 0 Å². The Balaban J connectivity index is 2.47. The van der Waals surface area contributed by atoms with E-state index < -0.39 is 0 Å². The highest BCUT2D eigenvalue weighted by Crippen LogP contribution is 2.30. The van der Waals surface area contributed by atoms with Gasteiger partial charge in [-0.15, -0.1) is 11.3 Å². The number of halogens is 1. The van der Waals surface area contributed by atoms with Crippen molar-refractivity contribution in [1.82, 2.24) is 0 Å². The van der Waals surface area contributed by atoms with Crippen molar-refractivity contribution in [3.63, 3.8) is 0 Å². The molecule has 0 spiro atoms. The first-order valence-corrected chi connectivity index (χ1v) is 6.11. The van der Waals surface area contributed by atoms with Gasteiger partial charge in [-0.25, -0.2) is 0 Å². The quantitative estimate of drug-likeness (QED) is 0.754. The second kappa shape index (κ2) is 4.07. The van der Waals surface area contributed by atoms with E-state index in [9.17, 15) is 4.79 Å². The summed E-state index contributed by atoms with van der Waals surface area (Å²) in [6.45, 7) is 5.50. The summed E-state index contributed by atoms with van der Waals surface area (Å²) in [7, 11) is 0. The van der Waals surface area contributed by atoms with Gasteiger partial charge in [0.2, 0.25) is 5.78 Å². The molecule has 0 aliphatic rings. The molecule has 0 radical (unpaired) electrons. The lowest BCUT2D eigenvalue weighted by Gasteiger charge is -1.96. The van der Waals surface area contributed by atoms with Gasteiger partial charge in [-0.3, -0.25) is 4.79 Å². The number of carbonyl (C=O) groups is 1. The van der Waals surface area contributed by atoms with E-state index in [-0.39, 0.29) is 5.78 Å². The molecule has 0 N–H and O–H groups in total. The number of rotatable bonds is 2. The third-order valence-electron chi connectivity index (χ3n) is 2.39. The Bertz CT molecular complexity index is 547. The fraction of sp³-hybridized carbons (Fsp3) is 0.250. The Morgan fingerprint density at radius 3 is 2.50 bits per heavy atom. The molecule has 2 nitrogen and oxygen atoms in total. The highest BCUT2D eigenvalue weighted by Gasteiger charge is 2.20. The minimum absolute atomic E-state index is 0.0579. The smallest absolute Gasteiger partial charge is 0.207 e. The van der Waals surface area contributed by atoms with Crippen LogP contribution in [0.15, 0.2) is 15.9 Å². The molecule has 0 amide bonds. The summed E-state index contributed by atoms with van der Waals surface area (Å²) in [4.78, 5) is 12.8. The summed E-state index contributed by atoms with van der Waals surface area (Å²) in [6.07, 6.45) is 0. The third kappa shape index (κ3) is 1.81. The van der Waals surface area contributed by atoms with E-state index in [1.54, 1.807) is 13.0 Å². The Kier molecular flexibility index (Phi) is 2.91. The second-order valence-electron chi connectivity index (χ2n) is 3.72. The number of aryl methyl sites for hydroxylation is 3. The molecule has 0 aliphatic carbocycles. The van der Waals surface area contributed by atoms with Crippen LogP contribution in [0.4, 0.5) is 0 Å². The van der Waals surface area contributed by atoms with E-state index >= 15 is 0 Å². The van der Waals surface area contributed by atoms with Gasteiger partial charge in [0.1, 0.15) is 11.5 Å². The van der Waals surface area contributed by atoms with Crippen LogP contribution in [0.3, 0.4) is 0 Å². The molecule has 0 unspecified atom stereocenters. The number of hydrogen-bond acceptors (Lipinski definition) is 3. The summed E-state index contributed by atoms with van der Waals surface area (Å²) >= 11 is 7.45. The maximum atomic E-state index is 12.2. The fourth-order valence-corrected chi connectivity index (χ4v) is 2.79. The first kappa shape index (κ1) is 11.4. The maximum absolute atomic E-state index is 12.2. The van der Waals surface area contributed by atoms with Crippen LogP contribution in [0.5, 0.6) is 0 Å². The molecule has 0 saturated carbocycles. The maximum Gasteiger partial charge on any atom is 0.207 e. The van der Waals surface area contributed by atoms with Crippen LogP contribution >= 0.6 is 22.9 Å². The largest absolute Gasteiger partial charge is 0.466 e. The molecular weight excluding hydrogens is 244 g/mol. The van der Waals surface area contributed by atoms with Crippen LogP contribution in [0.2, 0.25) is 5.02 Å². The van der Waals surface area contributed by atoms with Crippen LogP contribution < -0.4 is 0 Å². The molecule has 2 rings (SSSR count). The SMILES string of the molecule is Cc1cc(C(=O)c2scc(C)c2Cl)c(C)o1. The molecule has 84 valence electrons. The molecule has 2 heterocycles. The van der Waals surface area contributed by atoms with Gasteiger partial charge in [-0.2, -0.15) is 0 Å². The molecule has 2 aromatic rings. The molecule has 0 atom stereocenters. The first-order chi connectivity index (χ1) is 7.50. The van der Waals surface area contributed by atoms with Gasteiger partial charge in [0.15, 0.2) is 0 Å². The Morgan fingerprint density at radius 1 is 1.38 bits per heavy atom. The lowest BCUT2D eigenvalue weighted by atomic mass is 10.1. The lowest BCUT2D eigenvalue weighted by Crippen LogP contribution is -1.99. The minimum Gasteiger partial charge on any atom is -0.466 e. The van der Waals surface area contributed by atoms with Crippen LogP contribution in [0.25, 0.3) is 0 Å². The number of ketones is 1. The lowest BCUT2D eigenvalue weighted by molar-refractivity contribution is 0.104. The number of furan rings is 1. The zero-order chi connectivity index (χ0) is 11.9. The minimum atomic E-state index is -0.0579. The van der Waals surface area contributed by atoms with E-state index in [0.717, 1.165) is 11.3 Å². The van der Waals surface area contributed by atoms with E-state index in [1.807, 2.05) is 19.2 Å². The topological polar surface area (TPSA) is 30.2 Å². The summed E-state index contributed by atoms with van der Waals surface area (Å²) in [5.74, 6) is 1.33. The number of hydrogen-bond donors (Lipinski definition) is 0. The summed E-state index contributed by atoms with van der Waals surface area (Å²) in [5.41, 5.74) is 1.54. The molecular formula is C12H11ClO2S. The number of thiophene rings is 1. The van der Waals surface area contributed by atoms with Crippen molar-refractivity contribution in [2.45, 2.75) is 20.8 Å². The van der Waals surface area contributed by atoms with Gasteiger partial charge in [0.25, 0.3) is 0 Å². The van der Waals surface area contributed by atoms with Crippen molar-refractivity contribution in [3.8, 4) is 0 Å².